The van der Waals surface area contributed by atoms with Crippen molar-refractivity contribution in [2.75, 3.05) is 44.4 Å². The molecule has 2 atom stereocenters. The minimum atomic E-state index is -0.357. The third kappa shape index (κ3) is 5.59. The van der Waals surface area contributed by atoms with Gasteiger partial charge >= 0.3 is 0 Å². The van der Waals surface area contributed by atoms with Gasteiger partial charge in [-0.05, 0) is 45.3 Å². The Morgan fingerprint density at radius 2 is 1.83 bits per heavy atom. The lowest BCUT2D eigenvalue weighted by atomic mass is 10.1. The lowest BCUT2D eigenvalue weighted by Crippen LogP contribution is -2.53. The zero-order valence-corrected chi connectivity index (χ0v) is 14.5. The number of nitrogens with zero attached hydrogens (tertiary/aromatic N) is 1. The Morgan fingerprint density at radius 1 is 1.21 bits per heavy atom. The summed E-state index contributed by atoms with van der Waals surface area (Å²) in [6.07, 6.45) is 0.283. The summed E-state index contributed by atoms with van der Waals surface area (Å²) < 4.78 is 5.48. The number of rotatable bonds is 6. The molecule has 1 fully saturated rings. The summed E-state index contributed by atoms with van der Waals surface area (Å²) in [5, 5.41) is 8.85. The molecule has 0 spiro atoms. The maximum absolute atomic E-state index is 12.3. The molecule has 0 radical (unpaired) electrons. The molecule has 2 rings (SSSR count). The van der Waals surface area contributed by atoms with Crippen molar-refractivity contribution >= 4 is 23.2 Å². The summed E-state index contributed by atoms with van der Waals surface area (Å²) in [4.78, 5) is 26.0. The van der Waals surface area contributed by atoms with Crippen molar-refractivity contribution < 1.29 is 14.3 Å². The first-order valence-corrected chi connectivity index (χ1v) is 8.16. The summed E-state index contributed by atoms with van der Waals surface area (Å²) in [6.45, 7) is 3.87. The quantitative estimate of drug-likeness (QED) is 0.720. The number of nitrogens with one attached hydrogen (secondary N) is 3. The predicted octanol–water partition coefficient (Wildman–Crippen LogP) is 0.892. The molecule has 0 bridgehead atoms. The van der Waals surface area contributed by atoms with Gasteiger partial charge in [0.2, 0.25) is 11.8 Å². The van der Waals surface area contributed by atoms with Crippen molar-refractivity contribution in [1.82, 2.24) is 10.2 Å². The van der Waals surface area contributed by atoms with Gasteiger partial charge < -0.3 is 25.6 Å². The maximum atomic E-state index is 12.3. The molecule has 1 aliphatic heterocycles. The molecule has 0 aromatic heterocycles. The van der Waals surface area contributed by atoms with E-state index in [9.17, 15) is 9.59 Å². The second kappa shape index (κ2) is 8.77. The fourth-order valence-electron chi connectivity index (χ4n) is 2.43. The summed E-state index contributed by atoms with van der Waals surface area (Å²) in [5.41, 5.74) is 1.40. The van der Waals surface area contributed by atoms with Gasteiger partial charge in [-0.15, -0.1) is 0 Å². The van der Waals surface area contributed by atoms with E-state index in [0.717, 1.165) is 0 Å². The van der Waals surface area contributed by atoms with Gasteiger partial charge in [-0.1, -0.05) is 0 Å². The van der Waals surface area contributed by atoms with E-state index in [1.165, 1.54) is 0 Å². The number of morpholine rings is 1. The number of ether oxygens (including phenoxy) is 1. The molecule has 24 heavy (non-hydrogen) atoms. The molecule has 3 N–H and O–H groups in total. The molecule has 7 heteroatoms. The lowest BCUT2D eigenvalue weighted by molar-refractivity contribution is -0.123. The highest BCUT2D eigenvalue weighted by Gasteiger charge is 2.28. The molecule has 0 unspecified atom stereocenters. The maximum Gasteiger partial charge on any atom is 0.244 e. The van der Waals surface area contributed by atoms with E-state index in [4.69, 9.17) is 4.74 Å². The van der Waals surface area contributed by atoms with Crippen molar-refractivity contribution in [3.05, 3.63) is 24.3 Å². The average Bonchev–Trinajstić information content (AvgIpc) is 2.55. The Bertz CT molecular complexity index is 559. The number of hydrogen-bond acceptors (Lipinski definition) is 5. The van der Waals surface area contributed by atoms with Gasteiger partial charge in [-0.3, -0.25) is 9.59 Å². The van der Waals surface area contributed by atoms with E-state index in [1.54, 1.807) is 24.3 Å². The van der Waals surface area contributed by atoms with Crippen LogP contribution in [0, 0.1) is 0 Å². The number of carbonyl (C=O) groups excluding carboxylic acids is 2. The lowest BCUT2D eigenvalue weighted by Gasteiger charge is -2.29. The van der Waals surface area contributed by atoms with Crippen LogP contribution in [-0.2, 0) is 14.3 Å². The van der Waals surface area contributed by atoms with Crippen molar-refractivity contribution in [3.8, 4) is 0 Å². The second-order valence-electron chi connectivity index (χ2n) is 6.18. The minimum absolute atomic E-state index is 0.0298. The smallest absolute Gasteiger partial charge is 0.244 e. The van der Waals surface area contributed by atoms with E-state index in [-0.39, 0.29) is 24.0 Å². The zero-order chi connectivity index (χ0) is 17.5. The van der Waals surface area contributed by atoms with E-state index in [2.05, 4.69) is 16.0 Å². The summed E-state index contributed by atoms with van der Waals surface area (Å²) in [6, 6.07) is 6.74. The molecule has 1 saturated heterocycles. The SMILES string of the molecule is C[C@H]1OCCN[C@@H]1C(=O)Nc1ccc(NC(=O)CCN(C)C)cc1. The summed E-state index contributed by atoms with van der Waals surface area (Å²) >= 11 is 0. The topological polar surface area (TPSA) is 82.7 Å². The first-order valence-electron chi connectivity index (χ1n) is 8.16. The van der Waals surface area contributed by atoms with Gasteiger partial charge in [0.05, 0.1) is 12.7 Å². The molecule has 1 aromatic carbocycles. The van der Waals surface area contributed by atoms with Crippen LogP contribution < -0.4 is 16.0 Å². The molecule has 2 amide bonds. The van der Waals surface area contributed by atoms with E-state index in [1.807, 2.05) is 25.9 Å². The highest BCUT2D eigenvalue weighted by Crippen LogP contribution is 2.15. The van der Waals surface area contributed by atoms with Gasteiger partial charge in [0.15, 0.2) is 0 Å². The average molecular weight is 334 g/mol. The molecular weight excluding hydrogens is 308 g/mol. The molecule has 1 heterocycles. The highest BCUT2D eigenvalue weighted by atomic mass is 16.5. The Kier molecular flexibility index (Phi) is 6.72. The molecule has 1 aromatic rings. The van der Waals surface area contributed by atoms with Crippen LogP contribution in [0.4, 0.5) is 11.4 Å². The van der Waals surface area contributed by atoms with Crippen molar-refractivity contribution in [2.45, 2.75) is 25.5 Å². The molecular formula is C17H26N4O3. The van der Waals surface area contributed by atoms with Crippen molar-refractivity contribution in [3.63, 3.8) is 0 Å². The zero-order valence-electron chi connectivity index (χ0n) is 14.5. The molecule has 0 saturated carbocycles. The van der Waals surface area contributed by atoms with Gasteiger partial charge in [-0.25, -0.2) is 0 Å². The summed E-state index contributed by atoms with van der Waals surface area (Å²) in [7, 11) is 3.86. The Morgan fingerprint density at radius 3 is 2.42 bits per heavy atom. The van der Waals surface area contributed by atoms with Crippen LogP contribution in [0.1, 0.15) is 13.3 Å². The van der Waals surface area contributed by atoms with Crippen LogP contribution >= 0.6 is 0 Å². The van der Waals surface area contributed by atoms with Gasteiger partial charge in [0.25, 0.3) is 0 Å². The van der Waals surface area contributed by atoms with E-state index >= 15 is 0 Å². The van der Waals surface area contributed by atoms with Crippen LogP contribution in [0.3, 0.4) is 0 Å². The number of amides is 2. The van der Waals surface area contributed by atoms with Crippen LogP contribution in [0.5, 0.6) is 0 Å². The Hall–Kier alpha value is -1.96. The van der Waals surface area contributed by atoms with Gasteiger partial charge in [0.1, 0.15) is 6.04 Å². The fourth-order valence-corrected chi connectivity index (χ4v) is 2.43. The standard InChI is InChI=1S/C17H26N4O3/c1-12-16(18-9-11-24-12)17(23)20-14-6-4-13(5-7-14)19-15(22)8-10-21(2)3/h4-7,12,16,18H,8-11H2,1-3H3,(H,19,22)(H,20,23)/t12-,16+/m1/s1. The molecule has 0 aliphatic carbocycles. The third-order valence-corrected chi connectivity index (χ3v) is 3.82. The van der Waals surface area contributed by atoms with Crippen LogP contribution in [0.2, 0.25) is 0 Å². The van der Waals surface area contributed by atoms with Crippen LogP contribution in [0.15, 0.2) is 24.3 Å². The molecule has 1 aliphatic rings. The second-order valence-corrected chi connectivity index (χ2v) is 6.18. The monoisotopic (exact) mass is 334 g/mol. The van der Waals surface area contributed by atoms with Gasteiger partial charge in [-0.2, -0.15) is 0 Å². The largest absolute Gasteiger partial charge is 0.375 e. The normalized spacial score (nSPS) is 20.7. The van der Waals surface area contributed by atoms with Crippen LogP contribution in [-0.4, -0.2) is 62.7 Å². The highest BCUT2D eigenvalue weighted by molar-refractivity contribution is 5.96. The summed E-state index contributed by atoms with van der Waals surface area (Å²) in [5.74, 6) is -0.150. The molecule has 7 nitrogen and oxygen atoms in total. The first-order chi connectivity index (χ1) is 11.5. The Balaban J connectivity index is 1.85. The first kappa shape index (κ1) is 18.4. The minimum Gasteiger partial charge on any atom is -0.375 e. The Labute approximate surface area is 142 Å². The number of anilines is 2. The van der Waals surface area contributed by atoms with Crippen molar-refractivity contribution in [1.29, 1.82) is 0 Å². The number of hydrogen-bond donors (Lipinski definition) is 3. The fraction of sp³-hybridized carbons (Fsp3) is 0.529. The van der Waals surface area contributed by atoms with Crippen LogP contribution in [0.25, 0.3) is 0 Å². The van der Waals surface area contributed by atoms with E-state index < -0.39 is 0 Å². The molecule has 132 valence electrons. The number of benzene rings is 1. The van der Waals surface area contributed by atoms with Gasteiger partial charge in [0, 0.05) is 30.9 Å². The van der Waals surface area contributed by atoms with Crippen molar-refractivity contribution in [2.24, 2.45) is 0 Å². The predicted molar refractivity (Wildman–Crippen MR) is 94.1 cm³/mol. The number of carbonyl (C=O) groups is 2. The van der Waals surface area contributed by atoms with E-state index in [0.29, 0.717) is 37.5 Å². The third-order valence-electron chi connectivity index (χ3n) is 3.82.